The maximum Gasteiger partial charge on any atom is 0.154 e. The molecule has 1 aliphatic carbocycles. The first-order chi connectivity index (χ1) is 9.13. The summed E-state index contributed by atoms with van der Waals surface area (Å²) < 4.78 is 5.25. The van der Waals surface area contributed by atoms with Gasteiger partial charge in [0.2, 0.25) is 0 Å². The number of methoxy groups -OCH3 is 1. The Morgan fingerprint density at radius 2 is 2.21 bits per heavy atom. The van der Waals surface area contributed by atoms with Gasteiger partial charge >= 0.3 is 0 Å². The largest absolute Gasteiger partial charge is 0.495 e. The van der Waals surface area contributed by atoms with Crippen molar-refractivity contribution in [1.29, 1.82) is 0 Å². The average Bonchev–Trinajstić information content (AvgIpc) is 3.19. The molecule has 0 aromatic heterocycles. The van der Waals surface area contributed by atoms with E-state index in [4.69, 9.17) is 16.3 Å². The summed E-state index contributed by atoms with van der Waals surface area (Å²) in [5.74, 6) is 0.894. The van der Waals surface area contributed by atoms with Gasteiger partial charge in [-0.1, -0.05) is 17.7 Å². The summed E-state index contributed by atoms with van der Waals surface area (Å²) in [6.45, 7) is 1.44. The normalized spacial score (nSPS) is 25.2. The van der Waals surface area contributed by atoms with E-state index >= 15 is 0 Å². The zero-order valence-corrected chi connectivity index (χ0v) is 11.8. The van der Waals surface area contributed by atoms with Crippen LogP contribution in [0.4, 0.5) is 0 Å². The Bertz CT molecular complexity index is 511. The summed E-state index contributed by atoms with van der Waals surface area (Å²) in [7, 11) is 1.60. The van der Waals surface area contributed by atoms with Crippen molar-refractivity contribution in [3.05, 3.63) is 28.8 Å². The van der Waals surface area contributed by atoms with Gasteiger partial charge in [0.1, 0.15) is 5.75 Å². The van der Waals surface area contributed by atoms with Crippen LogP contribution in [-0.4, -0.2) is 26.0 Å². The van der Waals surface area contributed by atoms with Gasteiger partial charge in [0.05, 0.1) is 18.7 Å². The van der Waals surface area contributed by atoms with E-state index in [0.717, 1.165) is 18.5 Å². The van der Waals surface area contributed by atoms with Crippen molar-refractivity contribution in [2.45, 2.75) is 25.2 Å². The van der Waals surface area contributed by atoms with Crippen LogP contribution >= 0.6 is 11.6 Å². The Morgan fingerprint density at radius 3 is 2.89 bits per heavy atom. The van der Waals surface area contributed by atoms with E-state index in [1.165, 1.54) is 12.8 Å². The van der Waals surface area contributed by atoms with Crippen LogP contribution in [0.3, 0.4) is 0 Å². The van der Waals surface area contributed by atoms with E-state index in [1.54, 1.807) is 7.11 Å². The van der Waals surface area contributed by atoms with Crippen molar-refractivity contribution < 1.29 is 9.53 Å². The Labute approximate surface area is 118 Å². The molecule has 3 rings (SSSR count). The Balaban J connectivity index is 1.92. The van der Waals surface area contributed by atoms with E-state index in [9.17, 15) is 4.79 Å². The third kappa shape index (κ3) is 2.49. The van der Waals surface area contributed by atoms with Crippen LogP contribution in [0.25, 0.3) is 0 Å². The third-order valence-electron chi connectivity index (χ3n) is 4.36. The summed E-state index contributed by atoms with van der Waals surface area (Å²) in [6, 6.07) is 5.68. The Morgan fingerprint density at radius 1 is 1.42 bits per heavy atom. The summed E-state index contributed by atoms with van der Waals surface area (Å²) >= 11 is 6.05. The van der Waals surface area contributed by atoms with Gasteiger partial charge < -0.3 is 10.1 Å². The molecule has 0 amide bonds. The third-order valence-corrected chi connectivity index (χ3v) is 4.67. The number of rotatable bonds is 2. The number of ketones is 1. The quantitative estimate of drug-likeness (QED) is 0.905. The molecule has 1 unspecified atom stereocenters. The minimum Gasteiger partial charge on any atom is -0.495 e. The van der Waals surface area contributed by atoms with E-state index in [2.05, 4.69) is 5.32 Å². The van der Waals surface area contributed by atoms with Crippen LogP contribution in [0.15, 0.2) is 18.2 Å². The van der Waals surface area contributed by atoms with Crippen molar-refractivity contribution in [3.8, 4) is 5.75 Å². The van der Waals surface area contributed by atoms with Crippen LogP contribution in [0.1, 0.15) is 30.7 Å². The molecule has 0 bridgehead atoms. The van der Waals surface area contributed by atoms with E-state index in [1.807, 2.05) is 18.2 Å². The highest BCUT2D eigenvalue weighted by molar-refractivity contribution is 6.32. The summed E-state index contributed by atoms with van der Waals surface area (Å²) in [5.41, 5.74) is 1.38. The minimum absolute atomic E-state index is 0.0244. The molecule has 1 saturated carbocycles. The molecule has 3 nitrogen and oxygen atoms in total. The molecule has 102 valence electrons. The lowest BCUT2D eigenvalue weighted by atomic mass is 9.85. The molecule has 1 saturated heterocycles. The summed E-state index contributed by atoms with van der Waals surface area (Å²) in [4.78, 5) is 12.3. The van der Waals surface area contributed by atoms with Crippen LogP contribution in [0, 0.1) is 5.41 Å². The summed E-state index contributed by atoms with van der Waals surface area (Å²) in [5, 5.41) is 3.87. The number of nitrogens with one attached hydrogen (secondary N) is 1. The molecule has 1 N–H and O–H groups in total. The molecule has 4 heteroatoms. The fourth-order valence-corrected chi connectivity index (χ4v) is 3.14. The maximum absolute atomic E-state index is 12.3. The molecule has 1 atom stereocenters. The molecule has 1 spiro atoms. The second-order valence-electron chi connectivity index (χ2n) is 5.72. The Kier molecular flexibility index (Phi) is 3.27. The molecular formula is C15H18ClNO2. The first-order valence-electron chi connectivity index (χ1n) is 6.70. The summed E-state index contributed by atoms with van der Waals surface area (Å²) in [6.07, 6.45) is 3.41. The zero-order valence-electron chi connectivity index (χ0n) is 11.0. The SMILES string of the molecule is COc1cc(C2CC3(CC3)CNCC2=O)ccc1Cl. The second kappa shape index (κ2) is 4.80. The predicted octanol–water partition coefficient (Wildman–Crippen LogP) is 2.77. The van der Waals surface area contributed by atoms with E-state index in [0.29, 0.717) is 22.7 Å². The molecule has 1 aromatic carbocycles. The second-order valence-corrected chi connectivity index (χ2v) is 6.13. The van der Waals surface area contributed by atoms with Crippen molar-refractivity contribution in [2.75, 3.05) is 20.2 Å². The lowest BCUT2D eigenvalue weighted by molar-refractivity contribution is -0.119. The fraction of sp³-hybridized carbons (Fsp3) is 0.533. The number of benzene rings is 1. The standard InChI is InChI=1S/C15H18ClNO2/c1-19-14-6-10(2-3-12(14)16)11-7-15(4-5-15)9-17-8-13(11)18/h2-3,6,11,17H,4-5,7-9H2,1H3. The van der Waals surface area contributed by atoms with Crippen molar-refractivity contribution in [2.24, 2.45) is 5.41 Å². The molecule has 2 aliphatic rings. The fourth-order valence-electron chi connectivity index (χ4n) is 2.95. The maximum atomic E-state index is 12.3. The minimum atomic E-state index is -0.0244. The number of hydrogen-bond acceptors (Lipinski definition) is 3. The van der Waals surface area contributed by atoms with Crippen molar-refractivity contribution in [1.82, 2.24) is 5.32 Å². The van der Waals surface area contributed by atoms with Gasteiger partial charge in [-0.05, 0) is 42.4 Å². The molecule has 1 aromatic rings. The number of Topliss-reactive ketones (excluding diaryl/α,β-unsaturated/α-hetero) is 1. The molecule has 1 heterocycles. The van der Waals surface area contributed by atoms with Crippen LogP contribution < -0.4 is 10.1 Å². The van der Waals surface area contributed by atoms with Crippen molar-refractivity contribution in [3.63, 3.8) is 0 Å². The monoisotopic (exact) mass is 279 g/mol. The van der Waals surface area contributed by atoms with Gasteiger partial charge in [-0.3, -0.25) is 4.79 Å². The highest BCUT2D eigenvalue weighted by Gasteiger charge is 2.46. The molecule has 19 heavy (non-hydrogen) atoms. The first-order valence-corrected chi connectivity index (χ1v) is 7.08. The van der Waals surface area contributed by atoms with Crippen molar-refractivity contribution >= 4 is 17.4 Å². The van der Waals surface area contributed by atoms with Gasteiger partial charge in [0, 0.05) is 12.5 Å². The smallest absolute Gasteiger partial charge is 0.154 e. The van der Waals surface area contributed by atoms with Gasteiger partial charge in [-0.15, -0.1) is 0 Å². The topological polar surface area (TPSA) is 38.3 Å². The number of ether oxygens (including phenoxy) is 1. The highest BCUT2D eigenvalue weighted by atomic mass is 35.5. The number of carbonyl (C=O) groups is 1. The van der Waals surface area contributed by atoms with Gasteiger partial charge in [0.15, 0.2) is 5.78 Å². The number of halogens is 1. The highest BCUT2D eigenvalue weighted by Crippen LogP contribution is 2.53. The molecule has 0 radical (unpaired) electrons. The van der Waals surface area contributed by atoms with Gasteiger partial charge in [0.25, 0.3) is 0 Å². The van der Waals surface area contributed by atoms with Crippen LogP contribution in [0.5, 0.6) is 5.75 Å². The molecular weight excluding hydrogens is 262 g/mol. The zero-order chi connectivity index (χ0) is 13.5. The van der Waals surface area contributed by atoms with E-state index in [-0.39, 0.29) is 11.7 Å². The van der Waals surface area contributed by atoms with Gasteiger partial charge in [-0.25, -0.2) is 0 Å². The van der Waals surface area contributed by atoms with E-state index < -0.39 is 0 Å². The first kappa shape index (κ1) is 12.9. The van der Waals surface area contributed by atoms with Crippen LogP contribution in [0.2, 0.25) is 5.02 Å². The number of hydrogen-bond donors (Lipinski definition) is 1. The average molecular weight is 280 g/mol. The lowest BCUT2D eigenvalue weighted by Gasteiger charge is -2.18. The van der Waals surface area contributed by atoms with Crippen LogP contribution in [-0.2, 0) is 4.79 Å². The molecule has 1 aliphatic heterocycles. The lowest BCUT2D eigenvalue weighted by Crippen LogP contribution is -2.25. The van der Waals surface area contributed by atoms with Gasteiger partial charge in [-0.2, -0.15) is 0 Å². The predicted molar refractivity (Wildman–Crippen MR) is 74.9 cm³/mol. The molecule has 2 fully saturated rings. The Hall–Kier alpha value is -1.06. The number of carbonyl (C=O) groups excluding carboxylic acids is 1.